The third-order valence-electron chi connectivity index (χ3n) is 2.68. The zero-order chi connectivity index (χ0) is 13.9. The number of H-pyrrole nitrogens is 1. The summed E-state index contributed by atoms with van der Waals surface area (Å²) in [5.74, 6) is 3.41. The summed E-state index contributed by atoms with van der Waals surface area (Å²) < 4.78 is 5.65. The highest BCUT2D eigenvalue weighted by molar-refractivity contribution is 7.98. The van der Waals surface area contributed by atoms with Gasteiger partial charge in [0.2, 0.25) is 11.0 Å². The van der Waals surface area contributed by atoms with Crippen LogP contribution in [0, 0.1) is 0 Å². The van der Waals surface area contributed by atoms with E-state index in [1.165, 1.54) is 11.8 Å². The Labute approximate surface area is 124 Å². The van der Waals surface area contributed by atoms with Gasteiger partial charge >= 0.3 is 0 Å². The monoisotopic (exact) mass is 306 g/mol. The number of nitrogens with zero attached hydrogens (tertiary/aromatic N) is 3. The second kappa shape index (κ2) is 5.80. The number of aromatic amines is 1. The van der Waals surface area contributed by atoms with E-state index in [-0.39, 0.29) is 0 Å². The minimum atomic E-state index is 0.357. The third kappa shape index (κ3) is 2.94. The SMILES string of the molecule is CC(C)c1cnc(CSc2n[nH]c(-c3cccs3)n2)o1. The highest BCUT2D eigenvalue weighted by atomic mass is 32.2. The van der Waals surface area contributed by atoms with Crippen LogP contribution in [0.2, 0.25) is 0 Å². The van der Waals surface area contributed by atoms with Gasteiger partial charge in [-0.15, -0.1) is 16.4 Å². The summed E-state index contributed by atoms with van der Waals surface area (Å²) in [7, 11) is 0. The molecule has 3 aromatic rings. The topological polar surface area (TPSA) is 67.6 Å². The van der Waals surface area contributed by atoms with Crippen molar-refractivity contribution in [1.29, 1.82) is 0 Å². The van der Waals surface area contributed by atoms with Gasteiger partial charge < -0.3 is 4.42 Å². The average Bonchev–Trinajstić information content (AvgIpc) is 3.17. The number of thiophene rings is 1. The summed E-state index contributed by atoms with van der Waals surface area (Å²) in [6.45, 7) is 4.17. The molecule has 0 aliphatic heterocycles. The molecule has 0 spiro atoms. The molecule has 0 unspecified atom stereocenters. The highest BCUT2D eigenvalue weighted by Gasteiger charge is 2.11. The largest absolute Gasteiger partial charge is 0.445 e. The normalized spacial score (nSPS) is 11.3. The maximum atomic E-state index is 5.65. The van der Waals surface area contributed by atoms with Crippen LogP contribution in [0.15, 0.2) is 33.3 Å². The van der Waals surface area contributed by atoms with Crippen molar-refractivity contribution in [3.05, 3.63) is 35.4 Å². The van der Waals surface area contributed by atoms with E-state index in [4.69, 9.17) is 4.42 Å². The molecule has 0 amide bonds. The standard InChI is InChI=1S/C13H14N4OS2/c1-8(2)9-6-14-11(18-9)7-20-13-15-12(16-17-13)10-4-3-5-19-10/h3-6,8H,7H2,1-2H3,(H,15,16,17). The molecule has 0 aromatic carbocycles. The molecule has 20 heavy (non-hydrogen) atoms. The lowest BCUT2D eigenvalue weighted by Gasteiger charge is -1.96. The molecule has 0 aliphatic rings. The van der Waals surface area contributed by atoms with Crippen LogP contribution in [0.25, 0.3) is 10.7 Å². The van der Waals surface area contributed by atoms with E-state index >= 15 is 0 Å². The predicted octanol–water partition coefficient (Wildman–Crippen LogP) is 3.94. The van der Waals surface area contributed by atoms with Crippen LogP contribution in [0.5, 0.6) is 0 Å². The van der Waals surface area contributed by atoms with Gasteiger partial charge in [-0.3, -0.25) is 5.10 Å². The van der Waals surface area contributed by atoms with Crippen LogP contribution >= 0.6 is 23.1 Å². The fraction of sp³-hybridized carbons (Fsp3) is 0.308. The van der Waals surface area contributed by atoms with Crippen molar-refractivity contribution in [3.8, 4) is 10.7 Å². The first-order valence-electron chi connectivity index (χ1n) is 6.26. The van der Waals surface area contributed by atoms with Crippen molar-refractivity contribution in [1.82, 2.24) is 20.2 Å². The number of oxazole rings is 1. The number of nitrogens with one attached hydrogen (secondary N) is 1. The minimum absolute atomic E-state index is 0.357. The van der Waals surface area contributed by atoms with Gasteiger partial charge in [0.05, 0.1) is 16.8 Å². The first kappa shape index (κ1) is 13.4. The van der Waals surface area contributed by atoms with Gasteiger partial charge in [-0.1, -0.05) is 31.7 Å². The van der Waals surface area contributed by atoms with Crippen molar-refractivity contribution in [3.63, 3.8) is 0 Å². The van der Waals surface area contributed by atoms with Crippen molar-refractivity contribution in [2.75, 3.05) is 0 Å². The summed E-state index contributed by atoms with van der Waals surface area (Å²) >= 11 is 3.15. The molecule has 3 aromatic heterocycles. The molecule has 1 N–H and O–H groups in total. The minimum Gasteiger partial charge on any atom is -0.445 e. The number of hydrogen-bond donors (Lipinski definition) is 1. The van der Waals surface area contributed by atoms with Crippen molar-refractivity contribution in [2.45, 2.75) is 30.7 Å². The Hall–Kier alpha value is -1.60. The average molecular weight is 306 g/mol. The summed E-state index contributed by atoms with van der Waals surface area (Å²) in [5.41, 5.74) is 0. The first-order chi connectivity index (χ1) is 9.72. The predicted molar refractivity (Wildman–Crippen MR) is 79.8 cm³/mol. The summed E-state index contributed by atoms with van der Waals surface area (Å²) in [5, 5.41) is 9.86. The summed E-state index contributed by atoms with van der Waals surface area (Å²) in [6, 6.07) is 4.01. The van der Waals surface area contributed by atoms with Gasteiger partial charge in [0.15, 0.2) is 5.82 Å². The second-order valence-electron chi connectivity index (χ2n) is 4.54. The molecule has 0 bridgehead atoms. The lowest BCUT2D eigenvalue weighted by molar-refractivity contribution is 0.453. The molecule has 0 aliphatic carbocycles. The van der Waals surface area contributed by atoms with Gasteiger partial charge in [-0.25, -0.2) is 9.97 Å². The number of hydrogen-bond acceptors (Lipinski definition) is 6. The zero-order valence-corrected chi connectivity index (χ0v) is 12.8. The van der Waals surface area contributed by atoms with Gasteiger partial charge in [0.25, 0.3) is 0 Å². The van der Waals surface area contributed by atoms with E-state index in [0.29, 0.717) is 22.7 Å². The molecule has 0 saturated heterocycles. The van der Waals surface area contributed by atoms with E-state index in [2.05, 4.69) is 34.0 Å². The molecule has 3 rings (SSSR count). The van der Waals surface area contributed by atoms with E-state index in [1.54, 1.807) is 17.5 Å². The molecule has 5 nitrogen and oxygen atoms in total. The first-order valence-corrected chi connectivity index (χ1v) is 8.12. The maximum absolute atomic E-state index is 5.65. The van der Waals surface area contributed by atoms with E-state index in [0.717, 1.165) is 16.5 Å². The fourth-order valence-corrected chi connectivity index (χ4v) is 2.93. The second-order valence-corrected chi connectivity index (χ2v) is 6.43. The van der Waals surface area contributed by atoms with E-state index in [1.807, 2.05) is 17.5 Å². The smallest absolute Gasteiger partial charge is 0.209 e. The zero-order valence-electron chi connectivity index (χ0n) is 11.2. The van der Waals surface area contributed by atoms with Gasteiger partial charge in [-0.2, -0.15) is 0 Å². The number of aromatic nitrogens is 4. The highest BCUT2D eigenvalue weighted by Crippen LogP contribution is 2.25. The lowest BCUT2D eigenvalue weighted by Crippen LogP contribution is -1.82. The van der Waals surface area contributed by atoms with Crippen molar-refractivity contribution >= 4 is 23.1 Å². The maximum Gasteiger partial charge on any atom is 0.209 e. The Bertz CT molecular complexity index is 672. The Morgan fingerprint density at radius 2 is 2.35 bits per heavy atom. The molecule has 104 valence electrons. The number of thioether (sulfide) groups is 1. The van der Waals surface area contributed by atoms with Gasteiger partial charge in [0, 0.05) is 5.92 Å². The van der Waals surface area contributed by atoms with Crippen LogP contribution in [-0.2, 0) is 5.75 Å². The third-order valence-corrected chi connectivity index (χ3v) is 4.39. The molecule has 0 atom stereocenters. The fourth-order valence-electron chi connectivity index (χ4n) is 1.62. The molecule has 3 heterocycles. The molecular formula is C13H14N4OS2. The molecule has 0 fully saturated rings. The van der Waals surface area contributed by atoms with Gasteiger partial charge in [0.1, 0.15) is 5.76 Å². The van der Waals surface area contributed by atoms with E-state index in [9.17, 15) is 0 Å². The van der Waals surface area contributed by atoms with Crippen molar-refractivity contribution in [2.24, 2.45) is 0 Å². The van der Waals surface area contributed by atoms with Crippen LogP contribution in [0.4, 0.5) is 0 Å². The number of rotatable bonds is 5. The Morgan fingerprint density at radius 1 is 1.45 bits per heavy atom. The van der Waals surface area contributed by atoms with Crippen LogP contribution in [0.1, 0.15) is 31.4 Å². The molecule has 0 saturated carbocycles. The lowest BCUT2D eigenvalue weighted by atomic mass is 10.2. The van der Waals surface area contributed by atoms with Crippen molar-refractivity contribution < 1.29 is 4.42 Å². The van der Waals surface area contributed by atoms with Crippen LogP contribution in [-0.4, -0.2) is 20.2 Å². The quantitative estimate of drug-likeness (QED) is 0.723. The summed E-state index contributed by atoms with van der Waals surface area (Å²) in [4.78, 5) is 9.79. The van der Waals surface area contributed by atoms with Crippen LogP contribution in [0.3, 0.4) is 0 Å². The Kier molecular flexibility index (Phi) is 3.88. The van der Waals surface area contributed by atoms with Crippen LogP contribution < -0.4 is 0 Å². The van der Waals surface area contributed by atoms with Gasteiger partial charge in [-0.05, 0) is 11.4 Å². The Balaban J connectivity index is 1.63. The molecule has 0 radical (unpaired) electrons. The Morgan fingerprint density at radius 3 is 3.05 bits per heavy atom. The molecular weight excluding hydrogens is 292 g/mol. The summed E-state index contributed by atoms with van der Waals surface area (Å²) in [6.07, 6.45) is 1.79. The molecule has 7 heteroatoms. The van der Waals surface area contributed by atoms with E-state index < -0.39 is 0 Å².